The van der Waals surface area contributed by atoms with Crippen LogP contribution in [0, 0.1) is 0 Å². The Morgan fingerprint density at radius 1 is 1.28 bits per heavy atom. The molecule has 0 aliphatic rings. The number of nitrogens with one attached hydrogen (secondary N) is 1. The van der Waals surface area contributed by atoms with Gasteiger partial charge in [0.05, 0.1) is 11.7 Å². The van der Waals surface area contributed by atoms with Crippen molar-refractivity contribution >= 4 is 11.5 Å². The van der Waals surface area contributed by atoms with Gasteiger partial charge in [0.1, 0.15) is 4.88 Å². The zero-order chi connectivity index (χ0) is 13.0. The van der Waals surface area contributed by atoms with Crippen molar-refractivity contribution in [3.8, 4) is 10.8 Å². The molecule has 7 heteroatoms. The van der Waals surface area contributed by atoms with Crippen LogP contribution in [0.2, 0.25) is 0 Å². The Labute approximate surface area is 110 Å². The van der Waals surface area contributed by atoms with Gasteiger partial charge in [-0.05, 0) is 37.8 Å². The third kappa shape index (κ3) is 2.73. The lowest BCUT2D eigenvalue weighted by Gasteiger charge is -2.07. The van der Waals surface area contributed by atoms with Gasteiger partial charge in [0.15, 0.2) is 0 Å². The van der Waals surface area contributed by atoms with Gasteiger partial charge in [-0.1, -0.05) is 18.3 Å². The van der Waals surface area contributed by atoms with Crippen LogP contribution in [0.15, 0.2) is 4.42 Å². The first kappa shape index (κ1) is 13.1. The third-order valence-corrected chi connectivity index (χ3v) is 3.35. The monoisotopic (exact) mass is 267 g/mol. The molecule has 0 aliphatic heterocycles. The lowest BCUT2D eigenvalue weighted by atomic mass is 10.3. The van der Waals surface area contributed by atoms with Crippen LogP contribution in [0.4, 0.5) is 0 Å². The maximum absolute atomic E-state index is 5.68. The van der Waals surface area contributed by atoms with Crippen molar-refractivity contribution in [3.63, 3.8) is 0 Å². The summed E-state index contributed by atoms with van der Waals surface area (Å²) in [5.74, 6) is 1.12. The number of rotatable bonds is 6. The molecule has 0 spiro atoms. The summed E-state index contributed by atoms with van der Waals surface area (Å²) in [6.45, 7) is 7.10. The summed E-state index contributed by atoms with van der Waals surface area (Å²) in [6.07, 6.45) is 1.89. The fraction of sp³-hybridized carbons (Fsp3) is 0.636. The molecule has 0 bridgehead atoms. The van der Waals surface area contributed by atoms with Gasteiger partial charge in [-0.25, -0.2) is 0 Å². The van der Waals surface area contributed by atoms with E-state index in [0.717, 1.165) is 30.0 Å². The molecule has 0 saturated carbocycles. The Bertz CT molecular complexity index is 495. The first-order valence-electron chi connectivity index (χ1n) is 6.14. The van der Waals surface area contributed by atoms with Crippen molar-refractivity contribution in [3.05, 3.63) is 11.6 Å². The molecule has 1 unspecified atom stereocenters. The van der Waals surface area contributed by atoms with E-state index in [-0.39, 0.29) is 6.04 Å². The highest BCUT2D eigenvalue weighted by Gasteiger charge is 2.18. The highest BCUT2D eigenvalue weighted by molar-refractivity contribution is 7.09. The molecule has 0 aliphatic carbocycles. The zero-order valence-corrected chi connectivity index (χ0v) is 11.6. The summed E-state index contributed by atoms with van der Waals surface area (Å²) in [7, 11) is 0. The van der Waals surface area contributed by atoms with Crippen molar-refractivity contribution in [2.45, 2.75) is 39.7 Å². The fourth-order valence-corrected chi connectivity index (χ4v) is 2.22. The molecule has 0 aromatic carbocycles. The van der Waals surface area contributed by atoms with Gasteiger partial charge in [0.25, 0.3) is 5.89 Å². The summed E-state index contributed by atoms with van der Waals surface area (Å²) in [6, 6.07) is 0.0668. The lowest BCUT2D eigenvalue weighted by molar-refractivity contribution is 0.423. The van der Waals surface area contributed by atoms with Gasteiger partial charge in [0, 0.05) is 0 Å². The van der Waals surface area contributed by atoms with E-state index in [9.17, 15) is 0 Å². The van der Waals surface area contributed by atoms with Crippen molar-refractivity contribution in [2.75, 3.05) is 6.54 Å². The van der Waals surface area contributed by atoms with E-state index < -0.39 is 0 Å². The van der Waals surface area contributed by atoms with Gasteiger partial charge >= 0.3 is 0 Å². The molecule has 0 fully saturated rings. The molecule has 18 heavy (non-hydrogen) atoms. The van der Waals surface area contributed by atoms with E-state index in [4.69, 9.17) is 4.42 Å². The lowest BCUT2D eigenvalue weighted by Crippen LogP contribution is -2.19. The smallest absolute Gasteiger partial charge is 0.261 e. The molecule has 6 nitrogen and oxygen atoms in total. The second kappa shape index (κ2) is 6.01. The second-order valence-electron chi connectivity index (χ2n) is 4.02. The van der Waals surface area contributed by atoms with E-state index in [2.05, 4.69) is 32.0 Å². The average Bonchev–Trinajstić information content (AvgIpc) is 3.02. The first-order chi connectivity index (χ1) is 8.76. The standard InChI is InChI=1S/C11H17N5OS/c1-4-6-12-7(3)10-14-15-11(17-10)9-8(5-2)13-16-18-9/h7,12H,4-6H2,1-3H3. The number of hydrogen-bond donors (Lipinski definition) is 1. The van der Waals surface area contributed by atoms with Crippen LogP contribution in [0.5, 0.6) is 0 Å². The van der Waals surface area contributed by atoms with Crippen LogP contribution >= 0.6 is 11.5 Å². The van der Waals surface area contributed by atoms with Gasteiger partial charge in [-0.15, -0.1) is 15.3 Å². The molecule has 1 N–H and O–H groups in total. The molecule has 98 valence electrons. The predicted octanol–water partition coefficient (Wildman–Crippen LogP) is 2.21. The molecular formula is C11H17N5OS. The minimum atomic E-state index is 0.0668. The van der Waals surface area contributed by atoms with Crippen LogP contribution < -0.4 is 5.32 Å². The summed E-state index contributed by atoms with van der Waals surface area (Å²) < 4.78 is 9.60. The number of aryl methyl sites for hydroxylation is 1. The first-order valence-corrected chi connectivity index (χ1v) is 6.92. The normalized spacial score (nSPS) is 12.8. The topological polar surface area (TPSA) is 76.7 Å². The van der Waals surface area contributed by atoms with Crippen LogP contribution in [0.25, 0.3) is 10.8 Å². The molecule has 0 radical (unpaired) electrons. The molecule has 2 aromatic heterocycles. The van der Waals surface area contributed by atoms with E-state index in [1.54, 1.807) is 0 Å². The van der Waals surface area contributed by atoms with Gasteiger partial charge in [-0.3, -0.25) is 0 Å². The Morgan fingerprint density at radius 3 is 2.83 bits per heavy atom. The van der Waals surface area contributed by atoms with Crippen molar-refractivity contribution in [1.82, 2.24) is 25.1 Å². The van der Waals surface area contributed by atoms with Crippen molar-refractivity contribution < 1.29 is 4.42 Å². The Morgan fingerprint density at radius 2 is 2.11 bits per heavy atom. The predicted molar refractivity (Wildman–Crippen MR) is 69.3 cm³/mol. The van der Waals surface area contributed by atoms with Gasteiger partial charge < -0.3 is 9.73 Å². The van der Waals surface area contributed by atoms with Crippen molar-refractivity contribution in [2.24, 2.45) is 0 Å². The number of aromatic nitrogens is 4. The zero-order valence-electron chi connectivity index (χ0n) is 10.8. The van der Waals surface area contributed by atoms with Crippen molar-refractivity contribution in [1.29, 1.82) is 0 Å². The summed E-state index contributed by atoms with van der Waals surface area (Å²) >= 11 is 1.29. The third-order valence-electron chi connectivity index (χ3n) is 2.60. The number of nitrogens with zero attached hydrogens (tertiary/aromatic N) is 4. The van der Waals surface area contributed by atoms with Crippen LogP contribution in [-0.2, 0) is 6.42 Å². The molecule has 2 heterocycles. The molecule has 0 amide bonds. The Kier molecular flexibility index (Phi) is 4.38. The quantitative estimate of drug-likeness (QED) is 0.864. The average molecular weight is 267 g/mol. The highest BCUT2D eigenvalue weighted by atomic mass is 32.1. The summed E-state index contributed by atoms with van der Waals surface area (Å²) in [5, 5.41) is 15.5. The molecule has 2 rings (SSSR count). The van der Waals surface area contributed by atoms with Gasteiger partial charge in [-0.2, -0.15) is 0 Å². The molecule has 2 aromatic rings. The molecular weight excluding hydrogens is 250 g/mol. The largest absolute Gasteiger partial charge is 0.418 e. The van der Waals surface area contributed by atoms with Crippen LogP contribution in [-0.4, -0.2) is 26.3 Å². The maximum Gasteiger partial charge on any atom is 0.261 e. The Hall–Kier alpha value is -1.34. The van der Waals surface area contributed by atoms with E-state index in [1.165, 1.54) is 11.5 Å². The molecule has 0 saturated heterocycles. The minimum Gasteiger partial charge on any atom is -0.418 e. The SMILES string of the molecule is CCCNC(C)c1nnc(-c2snnc2CC)o1. The second-order valence-corrected chi connectivity index (χ2v) is 4.78. The van der Waals surface area contributed by atoms with Crippen LogP contribution in [0.1, 0.15) is 44.8 Å². The fourth-order valence-electron chi connectivity index (χ4n) is 1.55. The Balaban J connectivity index is 2.15. The van der Waals surface area contributed by atoms with Gasteiger partial charge in [0.2, 0.25) is 5.89 Å². The summed E-state index contributed by atoms with van der Waals surface area (Å²) in [5.41, 5.74) is 0.907. The van der Waals surface area contributed by atoms with E-state index in [0.29, 0.717) is 11.8 Å². The van der Waals surface area contributed by atoms with E-state index in [1.807, 2.05) is 13.8 Å². The minimum absolute atomic E-state index is 0.0668. The number of hydrogen-bond acceptors (Lipinski definition) is 7. The highest BCUT2D eigenvalue weighted by Crippen LogP contribution is 2.26. The van der Waals surface area contributed by atoms with Crippen LogP contribution in [0.3, 0.4) is 0 Å². The summed E-state index contributed by atoms with van der Waals surface area (Å²) in [4.78, 5) is 0.874. The van der Waals surface area contributed by atoms with E-state index >= 15 is 0 Å². The maximum atomic E-state index is 5.68. The molecule has 1 atom stereocenters.